The molecule has 1 fully saturated rings. The number of carbonyl (C=O) groups excluding carboxylic acids is 1. The summed E-state index contributed by atoms with van der Waals surface area (Å²) in [6.45, 7) is -0.522. The zero-order valence-electron chi connectivity index (χ0n) is 16.0. The summed E-state index contributed by atoms with van der Waals surface area (Å²) in [5.41, 5.74) is 1.55. The van der Waals surface area contributed by atoms with Gasteiger partial charge < -0.3 is 14.5 Å². The van der Waals surface area contributed by atoms with E-state index in [4.69, 9.17) is 14.5 Å². The van der Waals surface area contributed by atoms with Crippen molar-refractivity contribution in [1.82, 2.24) is 25.2 Å². The zero-order chi connectivity index (χ0) is 22.2. The first-order valence-electron chi connectivity index (χ1n) is 8.88. The summed E-state index contributed by atoms with van der Waals surface area (Å²) < 4.78 is 36.4. The molecular weight excluding hydrogens is 434 g/mol. The van der Waals surface area contributed by atoms with E-state index in [2.05, 4.69) is 25.0 Å². The number of cyclic esters (lactones) is 1. The molecule has 1 aliphatic heterocycles. The van der Waals surface area contributed by atoms with E-state index >= 15 is 0 Å². The molecule has 1 aliphatic rings. The maximum absolute atomic E-state index is 14.8. The fraction of sp³-hybridized carbons (Fsp3) is 0.235. The number of pyridine rings is 1. The van der Waals surface area contributed by atoms with Crippen LogP contribution in [0.4, 0.5) is 14.9 Å². The van der Waals surface area contributed by atoms with Crippen LogP contribution in [-0.2, 0) is 20.9 Å². The van der Waals surface area contributed by atoms with Crippen LogP contribution in [0.5, 0.6) is 0 Å². The number of aryl methyl sites for hydroxylation is 1. The van der Waals surface area contributed by atoms with Gasteiger partial charge in [0.1, 0.15) is 17.6 Å². The van der Waals surface area contributed by atoms with E-state index in [-0.39, 0.29) is 17.8 Å². The molecule has 2 N–H and O–H groups in total. The Kier molecular flexibility index (Phi) is 5.50. The number of nitrogens with zero attached hydrogens (tertiary/aromatic N) is 6. The third-order valence-electron chi connectivity index (χ3n) is 4.49. The molecule has 1 saturated heterocycles. The number of tetrazole rings is 1. The Balaban J connectivity index is 1.50. The fourth-order valence-electron chi connectivity index (χ4n) is 3.04. The molecule has 0 unspecified atom stereocenters. The SMILES string of the molecule is Cn1nnnc1-c1ccc(-c2ccc(N3C[C@H](COP(=O)(O)O)OC3=O)cc2F)cn1. The minimum Gasteiger partial charge on any atom is -0.441 e. The number of amides is 1. The summed E-state index contributed by atoms with van der Waals surface area (Å²) in [7, 11) is -3.01. The number of anilines is 1. The molecule has 1 amide bonds. The third-order valence-corrected chi connectivity index (χ3v) is 4.98. The number of benzene rings is 1. The lowest BCUT2D eigenvalue weighted by atomic mass is 10.1. The lowest BCUT2D eigenvalue weighted by molar-refractivity contribution is 0.0880. The van der Waals surface area contributed by atoms with Gasteiger partial charge in [0.05, 0.1) is 18.8 Å². The van der Waals surface area contributed by atoms with Gasteiger partial charge in [-0.3, -0.25) is 14.4 Å². The zero-order valence-corrected chi connectivity index (χ0v) is 16.9. The smallest absolute Gasteiger partial charge is 0.441 e. The van der Waals surface area contributed by atoms with E-state index in [0.29, 0.717) is 17.1 Å². The standard InChI is InChI=1S/C17H16FN6O6P/c1-23-16(20-21-22-23)15-5-2-10(7-19-15)13-4-3-11(6-14(13)18)24-8-12(30-17(24)25)9-29-31(26,27)28/h2-7,12H,8-9H2,1H3,(H2,26,27,28)/t12-/m1/s1. The molecule has 31 heavy (non-hydrogen) atoms. The molecule has 0 spiro atoms. The molecule has 3 aromatic rings. The Morgan fingerprint density at radius 2 is 2.13 bits per heavy atom. The summed E-state index contributed by atoms with van der Waals surface area (Å²) in [6.07, 6.45) is -0.175. The largest absolute Gasteiger partial charge is 0.469 e. The van der Waals surface area contributed by atoms with Crippen molar-refractivity contribution in [2.75, 3.05) is 18.1 Å². The van der Waals surface area contributed by atoms with Crippen LogP contribution in [0.25, 0.3) is 22.6 Å². The van der Waals surface area contributed by atoms with Crippen LogP contribution in [0.2, 0.25) is 0 Å². The van der Waals surface area contributed by atoms with Crippen LogP contribution >= 0.6 is 7.82 Å². The highest BCUT2D eigenvalue weighted by Gasteiger charge is 2.34. The first-order chi connectivity index (χ1) is 14.7. The fourth-order valence-corrected chi connectivity index (χ4v) is 3.40. The molecular formula is C17H16FN6O6P. The van der Waals surface area contributed by atoms with Crippen molar-refractivity contribution in [2.24, 2.45) is 7.05 Å². The van der Waals surface area contributed by atoms with Crippen LogP contribution in [0.3, 0.4) is 0 Å². The van der Waals surface area contributed by atoms with Crippen molar-refractivity contribution in [3.8, 4) is 22.6 Å². The van der Waals surface area contributed by atoms with Gasteiger partial charge in [-0.15, -0.1) is 5.10 Å². The Morgan fingerprint density at radius 1 is 1.32 bits per heavy atom. The molecule has 3 heterocycles. The number of hydrogen-bond donors (Lipinski definition) is 2. The molecule has 0 bridgehead atoms. The van der Waals surface area contributed by atoms with E-state index in [1.807, 2.05) is 0 Å². The van der Waals surface area contributed by atoms with Crippen LogP contribution in [-0.4, -0.2) is 60.3 Å². The number of ether oxygens (including phenoxy) is 1. The van der Waals surface area contributed by atoms with E-state index in [1.54, 1.807) is 19.2 Å². The van der Waals surface area contributed by atoms with Crippen molar-refractivity contribution in [3.63, 3.8) is 0 Å². The molecule has 1 atom stereocenters. The van der Waals surface area contributed by atoms with Gasteiger partial charge in [0, 0.05) is 24.4 Å². The molecule has 0 radical (unpaired) electrons. The maximum atomic E-state index is 14.8. The van der Waals surface area contributed by atoms with Gasteiger partial charge in [0.15, 0.2) is 5.82 Å². The number of aromatic nitrogens is 5. The minimum atomic E-state index is -4.69. The molecule has 162 valence electrons. The molecule has 2 aromatic heterocycles. The first-order valence-corrected chi connectivity index (χ1v) is 10.4. The number of phosphoric ester groups is 1. The van der Waals surface area contributed by atoms with Gasteiger partial charge in [-0.1, -0.05) is 6.07 Å². The average Bonchev–Trinajstić information content (AvgIpc) is 3.31. The van der Waals surface area contributed by atoms with Crippen molar-refractivity contribution in [3.05, 3.63) is 42.3 Å². The monoisotopic (exact) mass is 450 g/mol. The van der Waals surface area contributed by atoms with Crippen molar-refractivity contribution >= 4 is 19.6 Å². The van der Waals surface area contributed by atoms with Gasteiger partial charge in [0.2, 0.25) is 0 Å². The molecule has 14 heteroatoms. The van der Waals surface area contributed by atoms with E-state index < -0.39 is 32.4 Å². The summed E-state index contributed by atoms with van der Waals surface area (Å²) in [6, 6.07) is 7.54. The lowest BCUT2D eigenvalue weighted by Gasteiger charge is -2.14. The summed E-state index contributed by atoms with van der Waals surface area (Å²) in [5, 5.41) is 11.2. The highest BCUT2D eigenvalue weighted by molar-refractivity contribution is 7.46. The number of hydrogen-bond acceptors (Lipinski definition) is 8. The van der Waals surface area contributed by atoms with E-state index in [9.17, 15) is 13.8 Å². The van der Waals surface area contributed by atoms with Gasteiger partial charge in [-0.2, -0.15) is 0 Å². The van der Waals surface area contributed by atoms with Crippen molar-refractivity contribution in [2.45, 2.75) is 6.10 Å². The Hall–Kier alpha value is -3.25. The van der Waals surface area contributed by atoms with Gasteiger partial charge in [-0.25, -0.2) is 18.4 Å². The van der Waals surface area contributed by atoms with Crippen LogP contribution in [0.15, 0.2) is 36.5 Å². The van der Waals surface area contributed by atoms with Crippen molar-refractivity contribution in [1.29, 1.82) is 0 Å². The molecule has 4 rings (SSSR count). The average molecular weight is 450 g/mol. The van der Waals surface area contributed by atoms with Crippen LogP contribution in [0, 0.1) is 5.82 Å². The van der Waals surface area contributed by atoms with E-state index in [0.717, 1.165) is 4.90 Å². The first kappa shape index (κ1) is 21.0. The number of phosphoric acid groups is 1. The highest BCUT2D eigenvalue weighted by atomic mass is 31.2. The quantitative estimate of drug-likeness (QED) is 0.529. The Morgan fingerprint density at radius 3 is 2.74 bits per heavy atom. The molecule has 1 aromatic carbocycles. The second-order valence-electron chi connectivity index (χ2n) is 6.63. The Bertz CT molecular complexity index is 1170. The second kappa shape index (κ2) is 8.12. The van der Waals surface area contributed by atoms with E-state index in [1.165, 1.54) is 29.1 Å². The number of carbonyl (C=O) groups is 1. The van der Waals surface area contributed by atoms with Gasteiger partial charge in [0.25, 0.3) is 0 Å². The topological polar surface area (TPSA) is 153 Å². The van der Waals surface area contributed by atoms with Crippen molar-refractivity contribution < 1.29 is 32.8 Å². The molecule has 12 nitrogen and oxygen atoms in total. The number of halogens is 1. The summed E-state index contributed by atoms with van der Waals surface area (Å²) in [5.74, 6) is -0.123. The minimum absolute atomic E-state index is 0.0421. The Labute approximate surface area is 174 Å². The second-order valence-corrected chi connectivity index (χ2v) is 7.86. The van der Waals surface area contributed by atoms with Gasteiger partial charge in [-0.05, 0) is 34.7 Å². The van der Waals surface area contributed by atoms with Crippen LogP contribution < -0.4 is 4.90 Å². The summed E-state index contributed by atoms with van der Waals surface area (Å²) in [4.78, 5) is 35.0. The van der Waals surface area contributed by atoms with Gasteiger partial charge >= 0.3 is 13.9 Å². The summed E-state index contributed by atoms with van der Waals surface area (Å²) >= 11 is 0. The number of rotatable bonds is 6. The maximum Gasteiger partial charge on any atom is 0.469 e. The van der Waals surface area contributed by atoms with Crippen LogP contribution in [0.1, 0.15) is 0 Å². The highest BCUT2D eigenvalue weighted by Crippen LogP contribution is 2.37. The predicted octanol–water partition coefficient (Wildman–Crippen LogP) is 1.51. The molecule has 0 saturated carbocycles. The normalized spacial score (nSPS) is 16.6. The molecule has 0 aliphatic carbocycles. The lowest BCUT2D eigenvalue weighted by Crippen LogP contribution is -2.25. The third kappa shape index (κ3) is 4.59. The predicted molar refractivity (Wildman–Crippen MR) is 103 cm³/mol.